The molecule has 3 heterocycles. The third kappa shape index (κ3) is 4.50. The molecule has 0 saturated heterocycles. The summed E-state index contributed by atoms with van der Waals surface area (Å²) in [5.74, 6) is -1.52. The van der Waals surface area contributed by atoms with Crippen LogP contribution in [0.5, 0.6) is 0 Å². The average Bonchev–Trinajstić information content (AvgIpc) is 3.19. The predicted molar refractivity (Wildman–Crippen MR) is 102 cm³/mol. The highest BCUT2D eigenvalue weighted by Crippen LogP contribution is 2.30. The molecule has 11 heteroatoms. The van der Waals surface area contributed by atoms with Gasteiger partial charge in [-0.1, -0.05) is 18.2 Å². The van der Waals surface area contributed by atoms with Crippen molar-refractivity contribution < 1.29 is 27.1 Å². The largest absolute Gasteiger partial charge is 0.455 e. The van der Waals surface area contributed by atoms with Crippen molar-refractivity contribution in [3.05, 3.63) is 82.2 Å². The first kappa shape index (κ1) is 20.8. The molecule has 1 unspecified atom stereocenters. The highest BCUT2D eigenvalue weighted by atomic mass is 19.4. The van der Waals surface area contributed by atoms with Crippen molar-refractivity contribution in [3.63, 3.8) is 0 Å². The summed E-state index contributed by atoms with van der Waals surface area (Å²) in [6.45, 7) is 0.159. The number of halogens is 4. The van der Waals surface area contributed by atoms with Crippen molar-refractivity contribution in [2.75, 3.05) is 18.0 Å². The molecule has 31 heavy (non-hydrogen) atoms. The average molecular weight is 436 g/mol. The maximum absolute atomic E-state index is 13.1. The molecule has 4 rings (SSSR count). The van der Waals surface area contributed by atoms with Gasteiger partial charge in [-0.2, -0.15) is 18.2 Å². The van der Waals surface area contributed by atoms with Crippen molar-refractivity contribution in [2.24, 2.45) is 0 Å². The number of β-amino-alcohol motifs (C(OH)–C–C–N with tert-alkyl or cyclic N) is 1. The Labute approximate surface area is 172 Å². The van der Waals surface area contributed by atoms with Crippen LogP contribution in [0.25, 0.3) is 5.57 Å². The van der Waals surface area contributed by atoms with E-state index in [0.29, 0.717) is 17.7 Å². The second-order valence-electron chi connectivity index (χ2n) is 6.92. The van der Waals surface area contributed by atoms with Crippen molar-refractivity contribution in [2.45, 2.75) is 18.8 Å². The van der Waals surface area contributed by atoms with E-state index in [9.17, 15) is 27.5 Å². The number of benzene rings is 1. The number of aromatic nitrogens is 3. The summed E-state index contributed by atoms with van der Waals surface area (Å²) in [6, 6.07) is 7.65. The molecule has 1 aromatic carbocycles. The summed E-state index contributed by atoms with van der Waals surface area (Å²) < 4.78 is 56.7. The number of nitrogens with zero attached hydrogens (tertiary/aromatic N) is 4. The van der Waals surface area contributed by atoms with Gasteiger partial charge in [-0.25, -0.2) is 14.2 Å². The smallest absolute Gasteiger partial charge is 0.449 e. The first-order chi connectivity index (χ1) is 14.7. The fourth-order valence-electron chi connectivity index (χ4n) is 3.24. The summed E-state index contributed by atoms with van der Waals surface area (Å²) in [7, 11) is 0. The van der Waals surface area contributed by atoms with Crippen LogP contribution in [0.15, 0.2) is 58.0 Å². The number of rotatable bonds is 4. The lowest BCUT2D eigenvalue weighted by Gasteiger charge is -2.30. The van der Waals surface area contributed by atoms with Gasteiger partial charge in [0.05, 0.1) is 19.2 Å². The van der Waals surface area contributed by atoms with E-state index in [-0.39, 0.29) is 30.6 Å². The minimum absolute atomic E-state index is 0.0638. The van der Waals surface area contributed by atoms with E-state index in [1.54, 1.807) is 23.1 Å². The molecule has 162 valence electrons. The number of aliphatic hydroxyl groups is 1. The molecule has 0 radical (unpaired) electrons. The molecule has 1 atom stereocenters. The van der Waals surface area contributed by atoms with Crippen molar-refractivity contribution >= 4 is 11.5 Å². The number of aliphatic hydroxyl groups excluding tert-OH is 1. The number of hydrogen-bond acceptors (Lipinski definition) is 6. The highest BCUT2D eigenvalue weighted by molar-refractivity contribution is 5.71. The molecule has 1 aliphatic rings. The molecular weight excluding hydrogens is 420 g/mol. The van der Waals surface area contributed by atoms with Crippen LogP contribution in [0, 0.1) is 5.82 Å². The first-order valence-corrected chi connectivity index (χ1v) is 9.19. The lowest BCUT2D eigenvalue weighted by Crippen LogP contribution is -2.40. The van der Waals surface area contributed by atoms with Gasteiger partial charge < -0.3 is 14.4 Å². The summed E-state index contributed by atoms with van der Waals surface area (Å²) >= 11 is 0. The van der Waals surface area contributed by atoms with Crippen LogP contribution < -0.4 is 10.6 Å². The molecular formula is C20H16F4N4O3. The standard InChI is InChI=1S/C20H16F4N4O3/c21-13-3-1-12(2-4-13)15-7-8-27(10-16(15)29)18-25-11-28(19(30)26-18)9-14-5-6-17(31-14)20(22,23)24/h1-7,11,16,29H,8-10H2. The summed E-state index contributed by atoms with van der Waals surface area (Å²) in [5, 5.41) is 10.5. The molecule has 0 bridgehead atoms. The summed E-state index contributed by atoms with van der Waals surface area (Å²) in [6.07, 6.45) is -2.63. The molecule has 7 nitrogen and oxygen atoms in total. The van der Waals surface area contributed by atoms with Crippen LogP contribution in [0.4, 0.5) is 23.5 Å². The van der Waals surface area contributed by atoms with Crippen LogP contribution >= 0.6 is 0 Å². The molecule has 0 fully saturated rings. The Bertz CT molecular complexity index is 1170. The lowest BCUT2D eigenvalue weighted by molar-refractivity contribution is -0.153. The quantitative estimate of drug-likeness (QED) is 0.634. The molecule has 1 aliphatic heterocycles. The van der Waals surface area contributed by atoms with Crippen LogP contribution in [0.1, 0.15) is 17.1 Å². The van der Waals surface area contributed by atoms with E-state index in [4.69, 9.17) is 4.42 Å². The molecule has 1 N–H and O–H groups in total. The van der Waals surface area contributed by atoms with Gasteiger partial charge in [-0.3, -0.25) is 4.57 Å². The first-order valence-electron chi connectivity index (χ1n) is 9.19. The second-order valence-corrected chi connectivity index (χ2v) is 6.92. The normalized spacial score (nSPS) is 17.0. The molecule has 0 aliphatic carbocycles. The topological polar surface area (TPSA) is 84.4 Å². The van der Waals surface area contributed by atoms with Gasteiger partial charge in [0.25, 0.3) is 0 Å². The van der Waals surface area contributed by atoms with E-state index in [0.717, 1.165) is 23.0 Å². The highest BCUT2D eigenvalue weighted by Gasteiger charge is 2.34. The van der Waals surface area contributed by atoms with Gasteiger partial charge in [0.2, 0.25) is 11.7 Å². The summed E-state index contributed by atoms with van der Waals surface area (Å²) in [4.78, 5) is 21.8. The van der Waals surface area contributed by atoms with Gasteiger partial charge in [-0.05, 0) is 35.4 Å². The van der Waals surface area contributed by atoms with Gasteiger partial charge in [0.15, 0.2) is 0 Å². The van der Waals surface area contributed by atoms with E-state index in [1.807, 2.05) is 0 Å². The van der Waals surface area contributed by atoms with E-state index in [2.05, 4.69) is 9.97 Å². The Kier molecular flexibility index (Phi) is 5.36. The van der Waals surface area contributed by atoms with Crippen LogP contribution in [0.3, 0.4) is 0 Å². The Morgan fingerprint density at radius 2 is 1.90 bits per heavy atom. The fourth-order valence-corrected chi connectivity index (χ4v) is 3.24. The zero-order chi connectivity index (χ0) is 22.2. The van der Waals surface area contributed by atoms with Crippen molar-refractivity contribution in [1.82, 2.24) is 14.5 Å². The Morgan fingerprint density at radius 3 is 2.52 bits per heavy atom. The second kappa shape index (κ2) is 7.99. The van der Waals surface area contributed by atoms with Gasteiger partial charge in [0.1, 0.15) is 17.9 Å². The van der Waals surface area contributed by atoms with Crippen LogP contribution in [-0.2, 0) is 12.7 Å². The predicted octanol–water partition coefficient (Wildman–Crippen LogP) is 2.70. The third-order valence-electron chi connectivity index (χ3n) is 4.77. The Balaban J connectivity index is 1.49. The fraction of sp³-hybridized carbons (Fsp3) is 0.250. The minimum atomic E-state index is -4.61. The van der Waals surface area contributed by atoms with Crippen LogP contribution in [0.2, 0.25) is 0 Å². The molecule has 2 aromatic heterocycles. The molecule has 0 saturated carbocycles. The maximum Gasteiger partial charge on any atom is 0.449 e. The monoisotopic (exact) mass is 436 g/mol. The third-order valence-corrected chi connectivity index (χ3v) is 4.77. The maximum atomic E-state index is 13.1. The zero-order valence-electron chi connectivity index (χ0n) is 15.9. The SMILES string of the molecule is O=c1nc(N2CC=C(c3ccc(F)cc3)C(O)C2)ncn1Cc1ccc(C(F)(F)F)o1. The zero-order valence-corrected chi connectivity index (χ0v) is 15.9. The summed E-state index contributed by atoms with van der Waals surface area (Å²) in [5.41, 5.74) is 0.585. The molecule has 0 amide bonds. The number of alkyl halides is 3. The lowest BCUT2D eigenvalue weighted by atomic mass is 9.97. The van der Waals surface area contributed by atoms with Crippen molar-refractivity contribution in [1.29, 1.82) is 0 Å². The van der Waals surface area contributed by atoms with Crippen LogP contribution in [-0.4, -0.2) is 38.8 Å². The van der Waals surface area contributed by atoms with Gasteiger partial charge in [-0.15, -0.1) is 0 Å². The molecule has 3 aromatic rings. The van der Waals surface area contributed by atoms with E-state index >= 15 is 0 Å². The minimum Gasteiger partial charge on any atom is -0.455 e. The van der Waals surface area contributed by atoms with E-state index in [1.165, 1.54) is 12.1 Å². The Hall–Kier alpha value is -3.47. The number of hydrogen-bond donors (Lipinski definition) is 1. The Morgan fingerprint density at radius 1 is 1.16 bits per heavy atom. The van der Waals surface area contributed by atoms with Gasteiger partial charge in [0, 0.05) is 6.54 Å². The van der Waals surface area contributed by atoms with E-state index < -0.39 is 23.7 Å². The van der Waals surface area contributed by atoms with Gasteiger partial charge >= 0.3 is 11.9 Å². The van der Waals surface area contributed by atoms with Crippen molar-refractivity contribution in [3.8, 4) is 0 Å². The number of furan rings is 1. The number of anilines is 1. The molecule has 0 spiro atoms.